The Morgan fingerprint density at radius 1 is 1.37 bits per heavy atom. The lowest BCUT2D eigenvalue weighted by Crippen LogP contribution is -2.51. The fourth-order valence-electron chi connectivity index (χ4n) is 2.95. The van der Waals surface area contributed by atoms with Gasteiger partial charge in [-0.3, -0.25) is 0 Å². The highest BCUT2D eigenvalue weighted by atomic mass is 16.5. The van der Waals surface area contributed by atoms with Crippen LogP contribution in [0, 0.1) is 10.8 Å². The van der Waals surface area contributed by atoms with Crippen LogP contribution in [0.5, 0.6) is 0 Å². The molecular weight excluding hydrogens is 236 g/mol. The minimum Gasteiger partial charge on any atom is -0.381 e. The number of rotatable bonds is 6. The first-order chi connectivity index (χ1) is 8.81. The molecule has 0 spiro atoms. The summed E-state index contributed by atoms with van der Waals surface area (Å²) in [5, 5.41) is 3.54. The van der Waals surface area contributed by atoms with Crippen molar-refractivity contribution >= 4 is 0 Å². The Kier molecular flexibility index (Phi) is 6.28. The van der Waals surface area contributed by atoms with E-state index in [1.54, 1.807) is 0 Å². The van der Waals surface area contributed by atoms with Crippen molar-refractivity contribution in [3.63, 3.8) is 0 Å². The largest absolute Gasteiger partial charge is 0.381 e. The molecule has 19 heavy (non-hydrogen) atoms. The third-order valence-corrected chi connectivity index (χ3v) is 4.65. The summed E-state index contributed by atoms with van der Waals surface area (Å²) >= 11 is 0. The van der Waals surface area contributed by atoms with Gasteiger partial charge in [-0.25, -0.2) is 0 Å². The van der Waals surface area contributed by atoms with Crippen molar-refractivity contribution in [1.29, 1.82) is 0 Å². The summed E-state index contributed by atoms with van der Waals surface area (Å²) in [7, 11) is 2.26. The number of nitrogens with one attached hydrogen (secondary N) is 1. The first kappa shape index (κ1) is 16.9. The summed E-state index contributed by atoms with van der Waals surface area (Å²) in [4.78, 5) is 2.52. The van der Waals surface area contributed by atoms with E-state index in [1.165, 1.54) is 12.8 Å². The molecule has 1 aliphatic rings. The van der Waals surface area contributed by atoms with Crippen molar-refractivity contribution < 1.29 is 4.74 Å². The minimum absolute atomic E-state index is 0.294. The second kappa shape index (κ2) is 7.05. The Morgan fingerprint density at radius 3 is 2.53 bits per heavy atom. The first-order valence-corrected chi connectivity index (χ1v) is 7.79. The molecule has 0 saturated carbocycles. The van der Waals surface area contributed by atoms with Crippen LogP contribution in [-0.4, -0.2) is 50.8 Å². The van der Waals surface area contributed by atoms with E-state index in [2.05, 4.69) is 51.9 Å². The van der Waals surface area contributed by atoms with Crippen LogP contribution >= 0.6 is 0 Å². The van der Waals surface area contributed by atoms with E-state index in [0.29, 0.717) is 16.9 Å². The fourth-order valence-corrected chi connectivity index (χ4v) is 2.95. The lowest BCUT2D eigenvalue weighted by atomic mass is 9.80. The molecule has 2 atom stereocenters. The van der Waals surface area contributed by atoms with Crippen molar-refractivity contribution in [1.82, 2.24) is 10.2 Å². The van der Waals surface area contributed by atoms with Gasteiger partial charge in [0, 0.05) is 31.2 Å². The zero-order chi connectivity index (χ0) is 14.5. The monoisotopic (exact) mass is 270 g/mol. The zero-order valence-corrected chi connectivity index (χ0v) is 13.9. The number of nitrogens with zero attached hydrogens (tertiary/aromatic N) is 1. The molecule has 1 aliphatic heterocycles. The van der Waals surface area contributed by atoms with Gasteiger partial charge < -0.3 is 15.0 Å². The molecule has 0 radical (unpaired) electrons. The van der Waals surface area contributed by atoms with Crippen LogP contribution in [0.4, 0.5) is 0 Å². The summed E-state index contributed by atoms with van der Waals surface area (Å²) in [6, 6.07) is 0.577. The van der Waals surface area contributed by atoms with Crippen LogP contribution in [0.2, 0.25) is 0 Å². The Balaban J connectivity index is 2.66. The molecule has 0 aromatic heterocycles. The van der Waals surface area contributed by atoms with E-state index in [1.807, 2.05) is 0 Å². The van der Waals surface area contributed by atoms with Crippen LogP contribution in [0.3, 0.4) is 0 Å². The van der Waals surface area contributed by atoms with Gasteiger partial charge in [0.25, 0.3) is 0 Å². The van der Waals surface area contributed by atoms with Gasteiger partial charge in [0.2, 0.25) is 0 Å². The molecule has 0 amide bonds. The van der Waals surface area contributed by atoms with E-state index in [-0.39, 0.29) is 0 Å². The highest BCUT2D eigenvalue weighted by Gasteiger charge is 2.36. The fraction of sp³-hybridized carbons (Fsp3) is 1.00. The van der Waals surface area contributed by atoms with Gasteiger partial charge in [0.15, 0.2) is 0 Å². The first-order valence-electron chi connectivity index (χ1n) is 7.79. The third-order valence-electron chi connectivity index (χ3n) is 4.65. The summed E-state index contributed by atoms with van der Waals surface area (Å²) < 4.78 is 5.78. The highest BCUT2D eigenvalue weighted by molar-refractivity contribution is 4.89. The quantitative estimate of drug-likeness (QED) is 0.803. The molecule has 0 aliphatic carbocycles. The summed E-state index contributed by atoms with van der Waals surface area (Å²) in [6.45, 7) is 16.6. The molecule has 1 fully saturated rings. The maximum atomic E-state index is 5.78. The van der Waals surface area contributed by atoms with E-state index in [9.17, 15) is 0 Å². The molecule has 3 heteroatoms. The molecule has 114 valence electrons. The molecule has 1 rings (SSSR count). The number of hydrogen-bond donors (Lipinski definition) is 1. The van der Waals surface area contributed by atoms with E-state index >= 15 is 0 Å². The van der Waals surface area contributed by atoms with Crippen LogP contribution in [0.25, 0.3) is 0 Å². The van der Waals surface area contributed by atoms with Crippen molar-refractivity contribution in [3.8, 4) is 0 Å². The molecule has 2 unspecified atom stereocenters. The highest BCUT2D eigenvalue weighted by Crippen LogP contribution is 2.32. The molecule has 0 aromatic carbocycles. The average Bonchev–Trinajstić information content (AvgIpc) is 2.35. The predicted octanol–water partition coefficient (Wildman–Crippen LogP) is 2.76. The minimum atomic E-state index is 0.294. The van der Waals surface area contributed by atoms with Gasteiger partial charge >= 0.3 is 0 Å². The normalized spacial score (nSPS) is 26.7. The van der Waals surface area contributed by atoms with Crippen LogP contribution in [-0.2, 0) is 4.74 Å². The average molecular weight is 270 g/mol. The Labute approximate surface area is 120 Å². The molecular formula is C16H34N2O. The predicted molar refractivity (Wildman–Crippen MR) is 82.6 cm³/mol. The van der Waals surface area contributed by atoms with Crippen LogP contribution in [0.15, 0.2) is 0 Å². The zero-order valence-electron chi connectivity index (χ0n) is 13.9. The number of ether oxygens (including phenoxy) is 1. The summed E-state index contributed by atoms with van der Waals surface area (Å²) in [5.74, 6) is 0. The molecule has 0 bridgehead atoms. The van der Waals surface area contributed by atoms with Gasteiger partial charge in [-0.1, -0.05) is 27.7 Å². The Hall–Kier alpha value is -0.120. The van der Waals surface area contributed by atoms with Crippen LogP contribution < -0.4 is 5.32 Å². The third kappa shape index (κ3) is 5.05. The molecule has 1 heterocycles. The van der Waals surface area contributed by atoms with Crippen molar-refractivity contribution in [3.05, 3.63) is 0 Å². The maximum Gasteiger partial charge on any atom is 0.0546 e. The van der Waals surface area contributed by atoms with Crippen LogP contribution in [0.1, 0.15) is 47.5 Å². The van der Waals surface area contributed by atoms with E-state index in [0.717, 1.165) is 32.8 Å². The van der Waals surface area contributed by atoms with Gasteiger partial charge in [-0.2, -0.15) is 0 Å². The topological polar surface area (TPSA) is 24.5 Å². The van der Waals surface area contributed by atoms with Crippen molar-refractivity contribution in [2.75, 3.05) is 39.9 Å². The molecule has 1 saturated heterocycles. The van der Waals surface area contributed by atoms with Gasteiger partial charge in [0.05, 0.1) is 6.61 Å². The Bertz CT molecular complexity index is 254. The van der Waals surface area contributed by atoms with E-state index < -0.39 is 0 Å². The van der Waals surface area contributed by atoms with Gasteiger partial charge in [-0.15, -0.1) is 0 Å². The summed E-state index contributed by atoms with van der Waals surface area (Å²) in [5.41, 5.74) is 0.617. The van der Waals surface area contributed by atoms with E-state index in [4.69, 9.17) is 4.74 Å². The maximum absolute atomic E-state index is 5.78. The van der Waals surface area contributed by atoms with Gasteiger partial charge in [0.1, 0.15) is 0 Å². The number of hydrogen-bond acceptors (Lipinski definition) is 3. The molecule has 3 nitrogen and oxygen atoms in total. The standard InChI is InChI=1S/C16H34N2O/c1-7-17-11-16(9-8-10-19-13-16)12-18(6)14(2)15(3,4)5/h14,17H,7-13H2,1-6H3. The lowest BCUT2D eigenvalue weighted by molar-refractivity contribution is -0.0342. The lowest BCUT2D eigenvalue weighted by Gasteiger charge is -2.44. The second-order valence-electron chi connectivity index (χ2n) is 7.39. The van der Waals surface area contributed by atoms with Gasteiger partial charge in [-0.05, 0) is 38.8 Å². The smallest absolute Gasteiger partial charge is 0.0546 e. The summed E-state index contributed by atoms with van der Waals surface area (Å²) in [6.07, 6.45) is 2.48. The molecule has 0 aromatic rings. The SMILES string of the molecule is CCNCC1(CN(C)C(C)C(C)(C)C)CCCOC1. The Morgan fingerprint density at radius 2 is 2.05 bits per heavy atom. The second-order valence-corrected chi connectivity index (χ2v) is 7.39. The van der Waals surface area contributed by atoms with Crippen molar-refractivity contribution in [2.45, 2.75) is 53.5 Å². The van der Waals surface area contributed by atoms with Crippen molar-refractivity contribution in [2.24, 2.45) is 10.8 Å². The molecule has 1 N–H and O–H groups in total.